The van der Waals surface area contributed by atoms with Crippen LogP contribution in [0, 0.1) is 0 Å². The van der Waals surface area contributed by atoms with E-state index in [1.807, 2.05) is 0 Å². The van der Waals surface area contributed by atoms with Crippen molar-refractivity contribution in [1.82, 2.24) is 5.32 Å². The van der Waals surface area contributed by atoms with Crippen molar-refractivity contribution in [3.63, 3.8) is 0 Å². The summed E-state index contributed by atoms with van der Waals surface area (Å²) >= 11 is 13.2. The summed E-state index contributed by atoms with van der Waals surface area (Å²) in [6.45, 7) is 0.222. The zero-order chi connectivity index (χ0) is 17.0. The number of carbonyl (C=O) groups is 1. The van der Waals surface area contributed by atoms with E-state index in [0.29, 0.717) is 15.6 Å². The number of halogens is 2. The predicted octanol–water partition coefficient (Wildman–Crippen LogP) is 3.25. The molecule has 1 aromatic carbocycles. The van der Waals surface area contributed by atoms with E-state index in [1.165, 1.54) is 23.5 Å². The van der Waals surface area contributed by atoms with Crippen LogP contribution in [-0.2, 0) is 10.0 Å². The number of sulfonamides is 1. The molecule has 0 saturated heterocycles. The Hall–Kier alpha value is -1.28. The number of hydrogen-bond donors (Lipinski definition) is 1. The monoisotopic (exact) mass is 392 g/mol. The lowest BCUT2D eigenvalue weighted by Crippen LogP contribution is -2.38. The number of nitrogens with zero attached hydrogens (tertiary/aromatic N) is 1. The largest absolute Gasteiger partial charge is 0.350 e. The molecule has 0 unspecified atom stereocenters. The number of rotatable bonds is 6. The average molecular weight is 393 g/mol. The highest BCUT2D eigenvalue weighted by Gasteiger charge is 2.20. The number of hydrogen-bond acceptors (Lipinski definition) is 4. The SMILES string of the molecule is CS(=O)(=O)N(CCNC(=O)c1cccs1)c1ccc(Cl)cc1Cl. The number of carbonyl (C=O) groups excluding carboxylic acids is 1. The Morgan fingerprint density at radius 1 is 1.30 bits per heavy atom. The molecule has 0 aliphatic rings. The van der Waals surface area contributed by atoms with E-state index >= 15 is 0 Å². The first-order chi connectivity index (χ1) is 10.8. The first-order valence-electron chi connectivity index (χ1n) is 6.53. The molecule has 2 rings (SSSR count). The first kappa shape index (κ1) is 18.1. The smallest absolute Gasteiger partial charge is 0.261 e. The molecule has 0 radical (unpaired) electrons. The van der Waals surface area contributed by atoms with Gasteiger partial charge in [-0.1, -0.05) is 29.3 Å². The second-order valence-electron chi connectivity index (χ2n) is 4.66. The molecule has 124 valence electrons. The summed E-state index contributed by atoms with van der Waals surface area (Å²) in [4.78, 5) is 12.4. The van der Waals surface area contributed by atoms with Gasteiger partial charge in [-0.2, -0.15) is 0 Å². The van der Waals surface area contributed by atoms with Crippen LogP contribution in [0.3, 0.4) is 0 Å². The molecule has 1 heterocycles. The lowest BCUT2D eigenvalue weighted by molar-refractivity contribution is 0.0959. The minimum atomic E-state index is -3.55. The van der Waals surface area contributed by atoms with Crippen LogP contribution in [0.5, 0.6) is 0 Å². The Labute approximate surface area is 148 Å². The Kier molecular flexibility index (Phi) is 5.91. The number of anilines is 1. The average Bonchev–Trinajstić information content (AvgIpc) is 2.97. The zero-order valence-electron chi connectivity index (χ0n) is 12.1. The highest BCUT2D eigenvalue weighted by molar-refractivity contribution is 7.92. The summed E-state index contributed by atoms with van der Waals surface area (Å²) in [5.41, 5.74) is 0.323. The Morgan fingerprint density at radius 2 is 2.04 bits per heavy atom. The molecule has 5 nitrogen and oxygen atoms in total. The summed E-state index contributed by atoms with van der Waals surface area (Å²) < 4.78 is 25.1. The number of nitrogens with one attached hydrogen (secondary N) is 1. The van der Waals surface area contributed by atoms with Gasteiger partial charge in [-0.15, -0.1) is 11.3 Å². The van der Waals surface area contributed by atoms with Gasteiger partial charge < -0.3 is 5.32 Å². The molecule has 0 atom stereocenters. The van der Waals surface area contributed by atoms with Crippen molar-refractivity contribution in [2.24, 2.45) is 0 Å². The van der Waals surface area contributed by atoms with E-state index in [0.717, 1.165) is 10.6 Å². The van der Waals surface area contributed by atoms with Gasteiger partial charge in [-0.25, -0.2) is 8.42 Å². The molecule has 1 N–H and O–H groups in total. The van der Waals surface area contributed by atoms with Crippen LogP contribution in [0.2, 0.25) is 10.0 Å². The molecular weight excluding hydrogens is 379 g/mol. The summed E-state index contributed by atoms with van der Waals surface area (Å²) in [5.74, 6) is -0.240. The van der Waals surface area contributed by atoms with E-state index in [9.17, 15) is 13.2 Å². The van der Waals surface area contributed by atoms with Gasteiger partial charge in [0.05, 0.1) is 28.4 Å². The third-order valence-electron chi connectivity index (χ3n) is 2.92. The quantitative estimate of drug-likeness (QED) is 0.820. The van der Waals surface area contributed by atoms with Gasteiger partial charge in [0.25, 0.3) is 5.91 Å². The molecule has 0 aliphatic carbocycles. The number of amides is 1. The van der Waals surface area contributed by atoms with Crippen molar-refractivity contribution in [3.8, 4) is 0 Å². The molecule has 0 fully saturated rings. The van der Waals surface area contributed by atoms with E-state index < -0.39 is 10.0 Å². The predicted molar refractivity (Wildman–Crippen MR) is 95.3 cm³/mol. The molecule has 2 aromatic rings. The van der Waals surface area contributed by atoms with Crippen LogP contribution in [0.4, 0.5) is 5.69 Å². The third-order valence-corrected chi connectivity index (χ3v) is 5.51. The van der Waals surface area contributed by atoms with Crippen LogP contribution >= 0.6 is 34.5 Å². The minimum absolute atomic E-state index is 0.0668. The maximum Gasteiger partial charge on any atom is 0.261 e. The van der Waals surface area contributed by atoms with Gasteiger partial charge in [0.15, 0.2) is 0 Å². The third kappa shape index (κ3) is 4.84. The van der Waals surface area contributed by atoms with Gasteiger partial charge in [-0.05, 0) is 29.6 Å². The topological polar surface area (TPSA) is 66.5 Å². The summed E-state index contributed by atoms with van der Waals surface area (Å²) in [7, 11) is -3.55. The summed E-state index contributed by atoms with van der Waals surface area (Å²) in [6, 6.07) is 8.04. The maximum absolute atomic E-state index is 12.0. The van der Waals surface area contributed by atoms with Crippen molar-refractivity contribution < 1.29 is 13.2 Å². The molecule has 9 heteroatoms. The van der Waals surface area contributed by atoms with E-state index in [2.05, 4.69) is 5.32 Å². The first-order valence-corrected chi connectivity index (χ1v) is 10.0. The Bertz CT molecular complexity index is 792. The van der Waals surface area contributed by atoms with Gasteiger partial charge in [0.1, 0.15) is 0 Å². The molecule has 0 bridgehead atoms. The molecule has 23 heavy (non-hydrogen) atoms. The van der Waals surface area contributed by atoms with Crippen LogP contribution in [0.15, 0.2) is 35.7 Å². The van der Waals surface area contributed by atoms with Crippen molar-refractivity contribution >= 4 is 56.2 Å². The number of benzene rings is 1. The molecular formula is C14H14Cl2N2O3S2. The Morgan fingerprint density at radius 3 is 2.61 bits per heavy atom. The van der Waals surface area contributed by atoms with Crippen molar-refractivity contribution in [3.05, 3.63) is 50.6 Å². The van der Waals surface area contributed by atoms with Crippen molar-refractivity contribution in [2.45, 2.75) is 0 Å². The maximum atomic E-state index is 12.0. The Balaban J connectivity index is 2.10. The molecule has 0 saturated carbocycles. The van der Waals surface area contributed by atoms with Gasteiger partial charge >= 0.3 is 0 Å². The lowest BCUT2D eigenvalue weighted by Gasteiger charge is -2.23. The fourth-order valence-electron chi connectivity index (χ4n) is 1.91. The highest BCUT2D eigenvalue weighted by Crippen LogP contribution is 2.30. The number of thiophene rings is 1. The van der Waals surface area contributed by atoms with Gasteiger partial charge in [0.2, 0.25) is 10.0 Å². The molecule has 1 amide bonds. The second-order valence-corrected chi connectivity index (χ2v) is 8.36. The van der Waals surface area contributed by atoms with Gasteiger partial charge in [0, 0.05) is 11.6 Å². The highest BCUT2D eigenvalue weighted by atomic mass is 35.5. The van der Waals surface area contributed by atoms with Crippen LogP contribution in [-0.4, -0.2) is 33.7 Å². The normalized spacial score (nSPS) is 11.3. The van der Waals surface area contributed by atoms with Crippen LogP contribution in [0.25, 0.3) is 0 Å². The summed E-state index contributed by atoms with van der Waals surface area (Å²) in [5, 5.41) is 5.13. The van der Waals surface area contributed by atoms with Crippen LogP contribution < -0.4 is 9.62 Å². The lowest BCUT2D eigenvalue weighted by atomic mass is 10.3. The van der Waals surface area contributed by atoms with Crippen molar-refractivity contribution in [2.75, 3.05) is 23.7 Å². The van der Waals surface area contributed by atoms with E-state index in [4.69, 9.17) is 23.2 Å². The fraction of sp³-hybridized carbons (Fsp3) is 0.214. The zero-order valence-corrected chi connectivity index (χ0v) is 15.3. The molecule has 0 aliphatic heterocycles. The minimum Gasteiger partial charge on any atom is -0.350 e. The van der Waals surface area contributed by atoms with Crippen molar-refractivity contribution in [1.29, 1.82) is 0 Å². The van der Waals surface area contributed by atoms with Crippen LogP contribution in [0.1, 0.15) is 9.67 Å². The molecule has 1 aromatic heterocycles. The fourth-order valence-corrected chi connectivity index (χ4v) is 4.05. The standard InChI is InChI=1S/C14H14Cl2N2O3S2/c1-23(20,21)18(12-5-4-10(15)9-11(12)16)7-6-17-14(19)13-3-2-8-22-13/h2-5,8-9H,6-7H2,1H3,(H,17,19). The summed E-state index contributed by atoms with van der Waals surface area (Å²) in [6.07, 6.45) is 1.08. The second kappa shape index (κ2) is 7.53. The van der Waals surface area contributed by atoms with Gasteiger partial charge in [-0.3, -0.25) is 9.10 Å². The van der Waals surface area contributed by atoms with E-state index in [1.54, 1.807) is 23.6 Å². The van der Waals surface area contributed by atoms with E-state index in [-0.39, 0.29) is 24.0 Å². The molecule has 0 spiro atoms.